The van der Waals surface area contributed by atoms with Gasteiger partial charge in [0.05, 0.1) is 18.0 Å². The van der Waals surface area contributed by atoms with Gasteiger partial charge in [-0.2, -0.15) is 0 Å². The number of ether oxygens (including phenoxy) is 1. The molecule has 0 aliphatic carbocycles. The van der Waals surface area contributed by atoms with E-state index in [-0.39, 0.29) is 18.4 Å². The minimum absolute atomic E-state index is 0.157. The third-order valence-corrected chi connectivity index (χ3v) is 6.97. The second kappa shape index (κ2) is 14.2. The van der Waals surface area contributed by atoms with Crippen LogP contribution in [0.3, 0.4) is 0 Å². The number of rotatable bonds is 12. The largest absolute Gasteiger partial charge is 0.383 e. The molecule has 0 unspecified atom stereocenters. The molecule has 0 N–H and O–H groups in total. The Hall–Kier alpha value is -4.56. The Labute approximate surface area is 241 Å². The number of likely N-dealkylation sites (N-methyl/N-ethyl adjacent to an activating group) is 1. The summed E-state index contributed by atoms with van der Waals surface area (Å²) >= 11 is 0. The Morgan fingerprint density at radius 3 is 2.34 bits per heavy atom. The van der Waals surface area contributed by atoms with Gasteiger partial charge in [0.2, 0.25) is 11.8 Å². The molecule has 1 atom stereocenters. The number of methoxy groups -OCH3 is 1. The van der Waals surface area contributed by atoms with E-state index in [9.17, 15) is 9.59 Å². The van der Waals surface area contributed by atoms with E-state index in [1.165, 1.54) is 6.08 Å². The minimum Gasteiger partial charge on any atom is -0.383 e. The summed E-state index contributed by atoms with van der Waals surface area (Å²) in [7, 11) is 3.34. The van der Waals surface area contributed by atoms with Gasteiger partial charge >= 0.3 is 0 Å². The van der Waals surface area contributed by atoms with E-state index in [0.717, 1.165) is 27.9 Å². The normalized spacial score (nSPS) is 11.9. The van der Waals surface area contributed by atoms with Gasteiger partial charge in [-0.1, -0.05) is 65.8 Å². The van der Waals surface area contributed by atoms with Crippen molar-refractivity contribution in [3.8, 4) is 11.3 Å². The van der Waals surface area contributed by atoms with Crippen molar-refractivity contribution in [2.75, 3.05) is 27.3 Å². The van der Waals surface area contributed by atoms with Crippen LogP contribution in [-0.2, 0) is 27.3 Å². The average molecular weight is 553 g/mol. The molecule has 0 spiro atoms. The van der Waals surface area contributed by atoms with Crippen molar-refractivity contribution in [3.63, 3.8) is 0 Å². The summed E-state index contributed by atoms with van der Waals surface area (Å²) in [5.41, 5.74) is 5.15. The predicted molar refractivity (Wildman–Crippen MR) is 159 cm³/mol. The number of carbonyl (C=O) groups excluding carboxylic acids is 2. The molecule has 8 heteroatoms. The fraction of sp³-hybridized carbons (Fsp3) is 0.273. The number of nitrogens with zero attached hydrogens (tertiary/aromatic N) is 4. The molecule has 212 valence electrons. The maximum Gasteiger partial charge on any atom is 0.247 e. The fourth-order valence-electron chi connectivity index (χ4n) is 4.59. The van der Waals surface area contributed by atoms with Gasteiger partial charge in [0, 0.05) is 57.1 Å². The molecule has 0 aliphatic rings. The molecule has 0 saturated carbocycles. The predicted octanol–water partition coefficient (Wildman–Crippen LogP) is 5.11. The Bertz CT molecular complexity index is 1430. The van der Waals surface area contributed by atoms with Gasteiger partial charge in [0.15, 0.2) is 0 Å². The molecule has 0 aliphatic heterocycles. The minimum atomic E-state index is -0.739. The maximum atomic E-state index is 13.9. The van der Waals surface area contributed by atoms with Gasteiger partial charge in [-0.25, -0.2) is 0 Å². The van der Waals surface area contributed by atoms with Crippen molar-refractivity contribution in [3.05, 3.63) is 113 Å². The molecule has 2 amide bonds. The third-order valence-electron chi connectivity index (χ3n) is 6.97. The SMILES string of the molecule is COCCN(C)C(=O)[C@H](Cc1ccccc1)N(Cc1ccc(-c2ccccn2)cc1)C(=O)C=Cc1c(C)noc1C. The molecule has 41 heavy (non-hydrogen) atoms. The highest BCUT2D eigenvalue weighted by molar-refractivity contribution is 5.96. The molecule has 4 rings (SSSR count). The van der Waals surface area contributed by atoms with E-state index >= 15 is 0 Å². The molecular weight excluding hydrogens is 516 g/mol. The molecule has 0 fully saturated rings. The molecule has 2 aromatic heterocycles. The Morgan fingerprint density at radius 2 is 1.71 bits per heavy atom. The summed E-state index contributed by atoms with van der Waals surface area (Å²) in [6.07, 6.45) is 5.33. The van der Waals surface area contributed by atoms with Crippen molar-refractivity contribution >= 4 is 17.9 Å². The van der Waals surface area contributed by atoms with Crippen LogP contribution in [0.5, 0.6) is 0 Å². The number of carbonyl (C=O) groups is 2. The first-order valence-electron chi connectivity index (χ1n) is 13.6. The molecule has 2 aromatic carbocycles. The van der Waals surface area contributed by atoms with Gasteiger partial charge in [-0.05, 0) is 43.2 Å². The quantitative estimate of drug-likeness (QED) is 0.227. The lowest BCUT2D eigenvalue weighted by atomic mass is 10.0. The van der Waals surface area contributed by atoms with Crippen LogP contribution < -0.4 is 0 Å². The molecule has 4 aromatic rings. The van der Waals surface area contributed by atoms with E-state index in [4.69, 9.17) is 9.26 Å². The Balaban J connectivity index is 1.69. The lowest BCUT2D eigenvalue weighted by Crippen LogP contribution is -2.51. The molecule has 0 saturated heterocycles. The number of amides is 2. The van der Waals surface area contributed by atoms with E-state index in [0.29, 0.717) is 31.0 Å². The van der Waals surface area contributed by atoms with Crippen molar-refractivity contribution in [1.29, 1.82) is 0 Å². The van der Waals surface area contributed by atoms with E-state index in [1.807, 2.05) is 79.7 Å². The molecular formula is C33H36N4O4. The van der Waals surface area contributed by atoms with Gasteiger partial charge < -0.3 is 19.1 Å². The highest BCUT2D eigenvalue weighted by atomic mass is 16.5. The van der Waals surface area contributed by atoms with Crippen LogP contribution >= 0.6 is 0 Å². The molecule has 0 radical (unpaired) electrons. The number of hydrogen-bond donors (Lipinski definition) is 0. The summed E-state index contributed by atoms with van der Waals surface area (Å²) in [5.74, 6) is 0.183. The topological polar surface area (TPSA) is 88.8 Å². The van der Waals surface area contributed by atoms with E-state index < -0.39 is 6.04 Å². The highest BCUT2D eigenvalue weighted by Crippen LogP contribution is 2.21. The van der Waals surface area contributed by atoms with Crippen LogP contribution in [0.1, 0.15) is 28.1 Å². The van der Waals surface area contributed by atoms with Gasteiger partial charge in [0.1, 0.15) is 11.8 Å². The van der Waals surface area contributed by atoms with E-state index in [1.54, 1.807) is 43.2 Å². The lowest BCUT2D eigenvalue weighted by Gasteiger charge is -2.33. The second-order valence-corrected chi connectivity index (χ2v) is 9.91. The van der Waals surface area contributed by atoms with Crippen LogP contribution in [0.25, 0.3) is 17.3 Å². The third kappa shape index (κ3) is 7.77. The molecule has 2 heterocycles. The Morgan fingerprint density at radius 1 is 0.976 bits per heavy atom. The number of pyridine rings is 1. The second-order valence-electron chi connectivity index (χ2n) is 9.91. The van der Waals surface area contributed by atoms with Crippen LogP contribution in [-0.4, -0.2) is 65.1 Å². The zero-order chi connectivity index (χ0) is 29.2. The van der Waals surface area contributed by atoms with Crippen LogP contribution in [0, 0.1) is 13.8 Å². The summed E-state index contributed by atoms with van der Waals surface area (Å²) in [5, 5.41) is 3.98. The number of aromatic nitrogens is 2. The molecule has 8 nitrogen and oxygen atoms in total. The first-order valence-corrected chi connectivity index (χ1v) is 13.6. The zero-order valence-electron chi connectivity index (χ0n) is 24.0. The maximum absolute atomic E-state index is 13.9. The van der Waals surface area contributed by atoms with Gasteiger partial charge in [-0.15, -0.1) is 0 Å². The van der Waals surface area contributed by atoms with Crippen LogP contribution in [0.15, 0.2) is 89.6 Å². The fourth-order valence-corrected chi connectivity index (χ4v) is 4.59. The van der Waals surface area contributed by atoms with Gasteiger partial charge in [0.25, 0.3) is 0 Å². The van der Waals surface area contributed by atoms with Crippen molar-refractivity contribution in [2.45, 2.75) is 32.9 Å². The van der Waals surface area contributed by atoms with Crippen LogP contribution in [0.2, 0.25) is 0 Å². The van der Waals surface area contributed by atoms with Crippen molar-refractivity contribution in [1.82, 2.24) is 19.9 Å². The summed E-state index contributed by atoms with van der Waals surface area (Å²) in [6.45, 7) is 4.69. The number of benzene rings is 2. The van der Waals surface area contributed by atoms with E-state index in [2.05, 4.69) is 10.1 Å². The van der Waals surface area contributed by atoms with Gasteiger partial charge in [-0.3, -0.25) is 14.6 Å². The highest BCUT2D eigenvalue weighted by Gasteiger charge is 2.31. The summed E-state index contributed by atoms with van der Waals surface area (Å²) in [6, 6.07) is 22.7. The summed E-state index contributed by atoms with van der Waals surface area (Å²) in [4.78, 5) is 35.5. The zero-order valence-corrected chi connectivity index (χ0v) is 24.0. The van der Waals surface area contributed by atoms with Crippen LogP contribution in [0.4, 0.5) is 0 Å². The average Bonchev–Trinajstić information content (AvgIpc) is 3.33. The standard InChI is InChI=1S/C33H36N4O4/c1-24-29(25(2)41-35-24)17-18-32(38)37(23-27-13-15-28(16-14-27)30-12-8-9-19-34-30)31(22-26-10-6-5-7-11-26)33(39)36(3)20-21-40-4/h5-19,31H,20-23H2,1-4H3/t31-/m0/s1. The lowest BCUT2D eigenvalue weighted by molar-refractivity contribution is -0.143. The van der Waals surface area contributed by atoms with Crippen molar-refractivity contribution < 1.29 is 18.8 Å². The first-order chi connectivity index (χ1) is 19.9. The summed E-state index contributed by atoms with van der Waals surface area (Å²) < 4.78 is 10.5. The number of hydrogen-bond acceptors (Lipinski definition) is 6. The van der Waals surface area contributed by atoms with Crippen molar-refractivity contribution in [2.24, 2.45) is 0 Å². The first kappa shape index (κ1) is 29.4. The number of aryl methyl sites for hydroxylation is 2. The monoisotopic (exact) mass is 552 g/mol. The smallest absolute Gasteiger partial charge is 0.247 e. The molecule has 0 bridgehead atoms. The Kier molecular flexibility index (Phi) is 10.2.